The number of benzene rings is 2. The van der Waals surface area contributed by atoms with Crippen LogP contribution in [0.4, 0.5) is 10.5 Å². The predicted molar refractivity (Wildman–Crippen MR) is 116 cm³/mol. The van der Waals surface area contributed by atoms with E-state index in [1.165, 1.54) is 16.4 Å². The maximum absolute atomic E-state index is 12.8. The lowest BCUT2D eigenvalue weighted by Gasteiger charge is -2.17. The number of carbonyl (C=O) groups is 1. The number of anilines is 1. The van der Waals surface area contributed by atoms with E-state index in [1.54, 1.807) is 37.6 Å². The molecule has 0 saturated heterocycles. The molecule has 0 spiro atoms. The van der Waals surface area contributed by atoms with Gasteiger partial charge in [0, 0.05) is 38.2 Å². The molecule has 3 aromatic rings. The molecule has 2 aromatic carbocycles. The van der Waals surface area contributed by atoms with Crippen LogP contribution in [0.3, 0.4) is 0 Å². The van der Waals surface area contributed by atoms with Crippen LogP contribution in [0.1, 0.15) is 11.1 Å². The fourth-order valence-electron chi connectivity index (χ4n) is 2.80. The van der Waals surface area contributed by atoms with Crippen LogP contribution in [-0.4, -0.2) is 37.3 Å². The number of hydrogen-bond acceptors (Lipinski definition) is 4. The normalized spacial score (nSPS) is 11.3. The van der Waals surface area contributed by atoms with E-state index >= 15 is 0 Å². The van der Waals surface area contributed by atoms with Crippen molar-refractivity contribution in [2.24, 2.45) is 0 Å². The summed E-state index contributed by atoms with van der Waals surface area (Å²) in [6.45, 7) is 0.724. The summed E-state index contributed by atoms with van der Waals surface area (Å²) in [6.07, 6.45) is 3.97. The number of rotatable bonds is 8. The monoisotopic (exact) mass is 424 g/mol. The van der Waals surface area contributed by atoms with Crippen molar-refractivity contribution in [1.29, 1.82) is 0 Å². The number of hydrogen-bond donors (Lipinski definition) is 2. The molecular weight excluding hydrogens is 400 g/mol. The van der Waals surface area contributed by atoms with E-state index in [0.29, 0.717) is 25.2 Å². The summed E-state index contributed by atoms with van der Waals surface area (Å²) < 4.78 is 26.9. The first-order valence-corrected chi connectivity index (χ1v) is 10.9. The van der Waals surface area contributed by atoms with Gasteiger partial charge in [-0.1, -0.05) is 36.4 Å². The Bertz CT molecular complexity index is 1060. The fraction of sp³-hybridized carbons (Fsp3) is 0.182. The topological polar surface area (TPSA) is 91.4 Å². The Kier molecular flexibility index (Phi) is 7.16. The molecule has 0 saturated carbocycles. The summed E-state index contributed by atoms with van der Waals surface area (Å²) in [6, 6.07) is 19.1. The molecule has 0 fully saturated rings. The van der Waals surface area contributed by atoms with Gasteiger partial charge in [-0.05, 0) is 47.9 Å². The van der Waals surface area contributed by atoms with Crippen LogP contribution in [0.15, 0.2) is 84.0 Å². The smallest absolute Gasteiger partial charge is 0.319 e. The second kappa shape index (κ2) is 10.00. The van der Waals surface area contributed by atoms with E-state index in [0.717, 1.165) is 11.1 Å². The summed E-state index contributed by atoms with van der Waals surface area (Å²) in [4.78, 5) is 16.2. The molecule has 0 aliphatic carbocycles. The second-order valence-electron chi connectivity index (χ2n) is 6.76. The molecule has 30 heavy (non-hydrogen) atoms. The summed E-state index contributed by atoms with van der Waals surface area (Å²) in [5.74, 6) is 0. The molecule has 0 aliphatic rings. The molecule has 2 amide bonds. The minimum atomic E-state index is -3.60. The maximum atomic E-state index is 12.8. The molecular formula is C22H24N4O3S. The number of urea groups is 1. The quantitative estimate of drug-likeness (QED) is 0.581. The molecule has 0 unspecified atom stereocenters. The number of nitrogens with one attached hydrogen (secondary N) is 2. The molecule has 7 nitrogen and oxygen atoms in total. The number of pyridine rings is 1. The Morgan fingerprint density at radius 2 is 1.67 bits per heavy atom. The van der Waals surface area contributed by atoms with Crippen LogP contribution in [-0.2, 0) is 23.0 Å². The van der Waals surface area contributed by atoms with Crippen molar-refractivity contribution in [3.63, 3.8) is 0 Å². The van der Waals surface area contributed by atoms with Crippen molar-refractivity contribution in [1.82, 2.24) is 14.6 Å². The van der Waals surface area contributed by atoms with Gasteiger partial charge in [-0.15, -0.1) is 0 Å². The molecule has 1 aromatic heterocycles. The lowest BCUT2D eigenvalue weighted by Crippen LogP contribution is -2.29. The Labute approximate surface area is 176 Å². The van der Waals surface area contributed by atoms with Gasteiger partial charge in [-0.25, -0.2) is 17.5 Å². The van der Waals surface area contributed by atoms with Crippen molar-refractivity contribution in [2.75, 3.05) is 18.9 Å². The number of likely N-dealkylation sites (N-methyl/N-ethyl adjacent to an activating group) is 1. The van der Waals surface area contributed by atoms with E-state index < -0.39 is 10.0 Å². The highest BCUT2D eigenvalue weighted by molar-refractivity contribution is 7.89. The van der Waals surface area contributed by atoms with E-state index in [-0.39, 0.29) is 10.9 Å². The fourth-order valence-corrected chi connectivity index (χ4v) is 3.97. The van der Waals surface area contributed by atoms with Crippen LogP contribution in [0.5, 0.6) is 0 Å². The van der Waals surface area contributed by atoms with Crippen LogP contribution < -0.4 is 10.6 Å². The average molecular weight is 425 g/mol. The van der Waals surface area contributed by atoms with Gasteiger partial charge in [0.2, 0.25) is 10.0 Å². The van der Waals surface area contributed by atoms with E-state index in [1.807, 2.05) is 36.4 Å². The van der Waals surface area contributed by atoms with Gasteiger partial charge in [0.15, 0.2) is 0 Å². The number of amides is 2. The molecule has 156 valence electrons. The zero-order valence-electron chi connectivity index (χ0n) is 16.7. The number of aromatic nitrogens is 1. The Balaban J connectivity index is 1.55. The first kappa shape index (κ1) is 21.5. The van der Waals surface area contributed by atoms with Crippen molar-refractivity contribution in [3.05, 3.63) is 90.3 Å². The lowest BCUT2D eigenvalue weighted by atomic mass is 10.2. The first-order valence-electron chi connectivity index (χ1n) is 9.49. The van der Waals surface area contributed by atoms with Gasteiger partial charge in [0.05, 0.1) is 4.90 Å². The van der Waals surface area contributed by atoms with E-state index in [2.05, 4.69) is 15.6 Å². The maximum Gasteiger partial charge on any atom is 0.319 e. The van der Waals surface area contributed by atoms with Crippen LogP contribution in [0, 0.1) is 0 Å². The Morgan fingerprint density at radius 3 is 2.33 bits per heavy atom. The number of carbonyl (C=O) groups excluding carboxylic acids is 1. The highest BCUT2D eigenvalue weighted by Crippen LogP contribution is 2.18. The van der Waals surface area contributed by atoms with Gasteiger partial charge in [-0.2, -0.15) is 0 Å². The standard InChI is InChI=1S/C22H24N4O3S/c1-26(15-13-18-6-3-2-4-7-18)30(28,29)21-11-9-20(10-12-21)25-22(27)24-17-19-8-5-14-23-16-19/h2-12,14,16H,13,15,17H2,1H3,(H2,24,25,27). The van der Waals surface area contributed by atoms with Crippen molar-refractivity contribution >= 4 is 21.7 Å². The molecule has 1 heterocycles. The number of nitrogens with zero attached hydrogens (tertiary/aromatic N) is 2. The van der Waals surface area contributed by atoms with E-state index in [9.17, 15) is 13.2 Å². The molecule has 0 atom stereocenters. The molecule has 0 bridgehead atoms. The SMILES string of the molecule is CN(CCc1ccccc1)S(=O)(=O)c1ccc(NC(=O)NCc2cccnc2)cc1. The van der Waals surface area contributed by atoms with Crippen molar-refractivity contribution < 1.29 is 13.2 Å². The Hall–Kier alpha value is -3.23. The van der Waals surface area contributed by atoms with Gasteiger partial charge in [-0.3, -0.25) is 4.98 Å². The molecule has 3 rings (SSSR count). The summed E-state index contributed by atoms with van der Waals surface area (Å²) in [5, 5.41) is 5.41. The third kappa shape index (κ3) is 5.88. The molecule has 2 N–H and O–H groups in total. The van der Waals surface area contributed by atoms with E-state index in [4.69, 9.17) is 0 Å². The zero-order chi connectivity index (χ0) is 21.4. The van der Waals surface area contributed by atoms with Crippen LogP contribution >= 0.6 is 0 Å². The first-order chi connectivity index (χ1) is 14.4. The second-order valence-corrected chi connectivity index (χ2v) is 8.80. The summed E-state index contributed by atoms with van der Waals surface area (Å²) in [7, 11) is -2.04. The lowest BCUT2D eigenvalue weighted by molar-refractivity contribution is 0.251. The molecule has 0 aliphatic heterocycles. The average Bonchev–Trinajstić information content (AvgIpc) is 2.78. The molecule has 0 radical (unpaired) electrons. The molecule has 8 heteroatoms. The summed E-state index contributed by atoms with van der Waals surface area (Å²) >= 11 is 0. The minimum Gasteiger partial charge on any atom is -0.334 e. The van der Waals surface area contributed by atoms with Crippen molar-refractivity contribution in [3.8, 4) is 0 Å². The number of sulfonamides is 1. The highest BCUT2D eigenvalue weighted by Gasteiger charge is 2.20. The van der Waals surface area contributed by atoms with Crippen LogP contribution in [0.2, 0.25) is 0 Å². The Morgan fingerprint density at radius 1 is 0.967 bits per heavy atom. The predicted octanol–water partition coefficient (Wildman–Crippen LogP) is 3.27. The highest BCUT2D eigenvalue weighted by atomic mass is 32.2. The van der Waals surface area contributed by atoms with Gasteiger partial charge in [0.25, 0.3) is 0 Å². The third-order valence-electron chi connectivity index (χ3n) is 4.55. The minimum absolute atomic E-state index is 0.180. The summed E-state index contributed by atoms with van der Waals surface area (Å²) in [5.41, 5.74) is 2.47. The van der Waals surface area contributed by atoms with Gasteiger partial charge >= 0.3 is 6.03 Å². The van der Waals surface area contributed by atoms with Crippen LogP contribution in [0.25, 0.3) is 0 Å². The van der Waals surface area contributed by atoms with Gasteiger partial charge in [0.1, 0.15) is 0 Å². The van der Waals surface area contributed by atoms with Crippen molar-refractivity contribution in [2.45, 2.75) is 17.9 Å². The largest absolute Gasteiger partial charge is 0.334 e. The zero-order valence-corrected chi connectivity index (χ0v) is 17.5. The third-order valence-corrected chi connectivity index (χ3v) is 6.43. The van der Waals surface area contributed by atoms with Gasteiger partial charge < -0.3 is 10.6 Å².